The number of hydrogen-bond acceptors (Lipinski definition) is 5. The van der Waals surface area contributed by atoms with E-state index < -0.39 is 17.8 Å². The summed E-state index contributed by atoms with van der Waals surface area (Å²) < 4.78 is 4.66. The quantitative estimate of drug-likeness (QED) is 0.584. The van der Waals surface area contributed by atoms with Crippen molar-refractivity contribution in [2.24, 2.45) is 5.92 Å². The first kappa shape index (κ1) is 14.2. The molecule has 7 heteroatoms. The standard InChI is InChI=1S/C15H14N2O5/c1-16-13(19)10-4-3-9(6-11(10)14(16)20)17-7-8(5-12(17)18)15(21)22-2/h3-4,6,8H,5,7H2,1-2H3/t8-/m0/s1. The summed E-state index contributed by atoms with van der Waals surface area (Å²) in [7, 11) is 2.70. The topological polar surface area (TPSA) is 84.0 Å². The van der Waals surface area contributed by atoms with Crippen LogP contribution in [0.4, 0.5) is 5.69 Å². The van der Waals surface area contributed by atoms with Crippen molar-refractivity contribution in [2.75, 3.05) is 25.6 Å². The Bertz CT molecular complexity index is 712. The maximum absolute atomic E-state index is 12.1. The zero-order valence-corrected chi connectivity index (χ0v) is 12.2. The predicted molar refractivity (Wildman–Crippen MR) is 75.3 cm³/mol. The van der Waals surface area contributed by atoms with Crippen LogP contribution in [0.2, 0.25) is 0 Å². The summed E-state index contributed by atoms with van der Waals surface area (Å²) in [6, 6.07) is 4.67. The first-order valence-corrected chi connectivity index (χ1v) is 6.78. The minimum absolute atomic E-state index is 0.0799. The predicted octanol–water partition coefficient (Wildman–Crippen LogP) is 0.438. The molecule has 3 rings (SSSR count). The third-order valence-electron chi connectivity index (χ3n) is 4.04. The van der Waals surface area contributed by atoms with Gasteiger partial charge in [-0.25, -0.2) is 0 Å². The van der Waals surface area contributed by atoms with Gasteiger partial charge >= 0.3 is 5.97 Å². The molecule has 3 amide bonds. The van der Waals surface area contributed by atoms with Gasteiger partial charge in [0.15, 0.2) is 0 Å². The number of anilines is 1. The van der Waals surface area contributed by atoms with Crippen LogP contribution in [0.25, 0.3) is 0 Å². The maximum Gasteiger partial charge on any atom is 0.311 e. The second-order valence-electron chi connectivity index (χ2n) is 5.33. The monoisotopic (exact) mass is 302 g/mol. The van der Waals surface area contributed by atoms with Crippen LogP contribution in [0.15, 0.2) is 18.2 Å². The molecule has 0 N–H and O–H groups in total. The number of methoxy groups -OCH3 is 1. The minimum atomic E-state index is -0.509. The molecule has 0 spiro atoms. The lowest BCUT2D eigenvalue weighted by Gasteiger charge is -2.16. The Morgan fingerprint density at radius 3 is 2.55 bits per heavy atom. The molecule has 0 radical (unpaired) electrons. The van der Waals surface area contributed by atoms with Gasteiger partial charge in [-0.3, -0.25) is 24.1 Å². The number of rotatable bonds is 2. The lowest BCUT2D eigenvalue weighted by atomic mass is 10.1. The van der Waals surface area contributed by atoms with Gasteiger partial charge < -0.3 is 9.64 Å². The molecular formula is C15H14N2O5. The molecule has 0 unspecified atom stereocenters. The largest absolute Gasteiger partial charge is 0.469 e. The van der Waals surface area contributed by atoms with Gasteiger partial charge in [-0.1, -0.05) is 0 Å². The van der Waals surface area contributed by atoms with Crippen LogP contribution in [-0.4, -0.2) is 49.3 Å². The molecule has 2 aliphatic rings. The normalized spacial score (nSPS) is 20.6. The maximum atomic E-state index is 12.1. The minimum Gasteiger partial charge on any atom is -0.469 e. The van der Waals surface area contributed by atoms with E-state index in [4.69, 9.17) is 0 Å². The number of esters is 1. The molecule has 114 valence electrons. The molecule has 1 aromatic rings. The molecule has 1 atom stereocenters. The van der Waals surface area contributed by atoms with E-state index in [-0.39, 0.29) is 30.3 Å². The van der Waals surface area contributed by atoms with E-state index >= 15 is 0 Å². The fourth-order valence-electron chi connectivity index (χ4n) is 2.80. The van der Waals surface area contributed by atoms with Gasteiger partial charge in [0.05, 0.1) is 24.2 Å². The first-order valence-electron chi connectivity index (χ1n) is 6.78. The van der Waals surface area contributed by atoms with Crippen molar-refractivity contribution in [3.63, 3.8) is 0 Å². The van der Waals surface area contributed by atoms with E-state index in [1.54, 1.807) is 6.07 Å². The van der Waals surface area contributed by atoms with Crippen LogP contribution in [0.5, 0.6) is 0 Å². The zero-order chi connectivity index (χ0) is 16.0. The highest BCUT2D eigenvalue weighted by Gasteiger charge is 2.38. The Hall–Kier alpha value is -2.70. The molecule has 1 aromatic carbocycles. The molecule has 0 bridgehead atoms. The number of nitrogens with zero attached hydrogens (tertiary/aromatic N) is 2. The molecule has 22 heavy (non-hydrogen) atoms. The fourth-order valence-corrected chi connectivity index (χ4v) is 2.80. The van der Waals surface area contributed by atoms with Crippen molar-refractivity contribution >= 4 is 29.4 Å². The number of imide groups is 1. The lowest BCUT2D eigenvalue weighted by Crippen LogP contribution is -2.26. The lowest BCUT2D eigenvalue weighted by molar-refractivity contribution is -0.145. The third kappa shape index (κ3) is 1.97. The van der Waals surface area contributed by atoms with Crippen LogP contribution in [0.1, 0.15) is 27.1 Å². The summed E-state index contributed by atoms with van der Waals surface area (Å²) in [5.41, 5.74) is 1.11. The average Bonchev–Trinajstić information content (AvgIpc) is 3.01. The SMILES string of the molecule is COC(=O)[C@H]1CC(=O)N(c2ccc3c(c2)C(=O)N(C)C3=O)C1. The summed E-state index contributed by atoms with van der Waals surface area (Å²) in [6.45, 7) is 0.211. The summed E-state index contributed by atoms with van der Waals surface area (Å²) in [6.07, 6.45) is 0.0799. The van der Waals surface area contributed by atoms with E-state index in [9.17, 15) is 19.2 Å². The van der Waals surface area contributed by atoms with E-state index in [1.165, 1.54) is 31.2 Å². The Kier molecular flexibility index (Phi) is 3.20. The molecular weight excluding hydrogens is 288 g/mol. The van der Waals surface area contributed by atoms with Crippen molar-refractivity contribution in [1.82, 2.24) is 4.90 Å². The van der Waals surface area contributed by atoms with Crippen molar-refractivity contribution < 1.29 is 23.9 Å². The van der Waals surface area contributed by atoms with E-state index in [0.717, 1.165) is 4.90 Å². The van der Waals surface area contributed by atoms with Crippen molar-refractivity contribution in [2.45, 2.75) is 6.42 Å². The van der Waals surface area contributed by atoms with Crippen LogP contribution >= 0.6 is 0 Å². The Morgan fingerprint density at radius 1 is 1.18 bits per heavy atom. The van der Waals surface area contributed by atoms with Crippen LogP contribution in [-0.2, 0) is 14.3 Å². The second kappa shape index (κ2) is 4.94. The van der Waals surface area contributed by atoms with Gasteiger partial charge in [-0.15, -0.1) is 0 Å². The van der Waals surface area contributed by atoms with Gasteiger partial charge in [-0.05, 0) is 18.2 Å². The highest BCUT2D eigenvalue weighted by atomic mass is 16.5. The summed E-state index contributed by atoms with van der Waals surface area (Å²) in [5.74, 6) is -1.89. The van der Waals surface area contributed by atoms with Crippen LogP contribution < -0.4 is 4.90 Å². The van der Waals surface area contributed by atoms with Gasteiger partial charge in [0, 0.05) is 25.7 Å². The summed E-state index contributed by atoms with van der Waals surface area (Å²) >= 11 is 0. The fraction of sp³-hybridized carbons (Fsp3) is 0.333. The van der Waals surface area contributed by atoms with Crippen molar-refractivity contribution in [1.29, 1.82) is 0 Å². The van der Waals surface area contributed by atoms with Gasteiger partial charge in [0.25, 0.3) is 11.8 Å². The molecule has 0 saturated carbocycles. The first-order chi connectivity index (χ1) is 10.4. The Labute approximate surface area is 126 Å². The molecule has 2 aliphatic heterocycles. The van der Waals surface area contributed by atoms with Crippen LogP contribution in [0, 0.1) is 5.92 Å². The van der Waals surface area contributed by atoms with Gasteiger partial charge in [0.1, 0.15) is 0 Å². The number of amides is 3. The molecule has 1 saturated heterocycles. The molecule has 2 heterocycles. The number of hydrogen-bond donors (Lipinski definition) is 0. The van der Waals surface area contributed by atoms with Gasteiger partial charge in [-0.2, -0.15) is 0 Å². The molecule has 0 aliphatic carbocycles. The average molecular weight is 302 g/mol. The number of carbonyl (C=O) groups excluding carboxylic acids is 4. The molecule has 7 nitrogen and oxygen atoms in total. The van der Waals surface area contributed by atoms with Gasteiger partial charge in [0.2, 0.25) is 5.91 Å². The van der Waals surface area contributed by atoms with E-state index in [0.29, 0.717) is 11.3 Å². The van der Waals surface area contributed by atoms with E-state index in [2.05, 4.69) is 4.74 Å². The van der Waals surface area contributed by atoms with Crippen LogP contribution in [0.3, 0.4) is 0 Å². The summed E-state index contributed by atoms with van der Waals surface area (Å²) in [4.78, 5) is 50.0. The van der Waals surface area contributed by atoms with Crippen molar-refractivity contribution in [3.8, 4) is 0 Å². The molecule has 1 fully saturated rings. The number of benzene rings is 1. The van der Waals surface area contributed by atoms with Crippen molar-refractivity contribution in [3.05, 3.63) is 29.3 Å². The highest BCUT2D eigenvalue weighted by molar-refractivity contribution is 6.21. The smallest absolute Gasteiger partial charge is 0.311 e. The molecule has 0 aromatic heterocycles. The highest BCUT2D eigenvalue weighted by Crippen LogP contribution is 2.30. The second-order valence-corrected chi connectivity index (χ2v) is 5.33. The summed E-state index contributed by atoms with van der Waals surface area (Å²) in [5, 5.41) is 0. The van der Waals surface area contributed by atoms with E-state index in [1.807, 2.05) is 0 Å². The Morgan fingerprint density at radius 2 is 1.86 bits per heavy atom. The number of fused-ring (bicyclic) bond motifs is 1. The number of ether oxygens (including phenoxy) is 1. The zero-order valence-electron chi connectivity index (χ0n) is 12.2. The number of carbonyl (C=O) groups is 4. The Balaban J connectivity index is 1.92. The third-order valence-corrected chi connectivity index (χ3v) is 4.04.